The van der Waals surface area contributed by atoms with Gasteiger partial charge in [0, 0.05) is 11.6 Å². The lowest BCUT2D eigenvalue weighted by atomic mass is 10.1. The zero-order chi connectivity index (χ0) is 21.7. The number of halogens is 6. The quantitative estimate of drug-likeness (QED) is 0.670. The molecule has 0 fully saturated rings. The molecule has 0 aliphatic heterocycles. The molecule has 2 rings (SSSR count). The van der Waals surface area contributed by atoms with Crippen LogP contribution in [0.5, 0.6) is 11.6 Å². The van der Waals surface area contributed by atoms with Gasteiger partial charge in [-0.3, -0.25) is 4.79 Å². The Morgan fingerprint density at radius 3 is 2.28 bits per heavy atom. The third-order valence-corrected chi connectivity index (χ3v) is 3.42. The van der Waals surface area contributed by atoms with E-state index >= 15 is 0 Å². The minimum absolute atomic E-state index is 0.0426. The van der Waals surface area contributed by atoms with Crippen LogP contribution in [0.4, 0.5) is 26.3 Å². The highest BCUT2D eigenvalue weighted by atomic mass is 19.4. The molecule has 1 atom stereocenters. The molecule has 29 heavy (non-hydrogen) atoms. The number of carbonyl (C=O) groups is 1. The van der Waals surface area contributed by atoms with Crippen LogP contribution in [-0.2, 0) is 0 Å². The number of alkyl halides is 6. The minimum Gasteiger partial charge on any atom is -0.484 e. The van der Waals surface area contributed by atoms with Gasteiger partial charge in [-0.25, -0.2) is 4.98 Å². The molecule has 1 aromatic carbocycles. The summed E-state index contributed by atoms with van der Waals surface area (Å²) in [5.74, 6) is -1.02. The van der Waals surface area contributed by atoms with Crippen molar-refractivity contribution < 1.29 is 40.6 Å². The van der Waals surface area contributed by atoms with Gasteiger partial charge in [0.25, 0.3) is 5.91 Å². The van der Waals surface area contributed by atoms with Crippen LogP contribution in [0.1, 0.15) is 29.0 Å². The molecule has 0 saturated heterocycles. The number of rotatable bonds is 7. The van der Waals surface area contributed by atoms with E-state index in [0.717, 1.165) is 6.07 Å². The van der Waals surface area contributed by atoms with Crippen LogP contribution in [0.25, 0.3) is 0 Å². The van der Waals surface area contributed by atoms with Crippen molar-refractivity contribution >= 4 is 5.91 Å². The minimum atomic E-state index is -4.52. The number of amides is 1. The molecule has 1 N–H and O–H groups in total. The van der Waals surface area contributed by atoms with Crippen molar-refractivity contribution in [3.05, 3.63) is 53.7 Å². The SMILES string of the molecule is C[C@@H](NC(=O)c1cccc(OCC(F)(F)F)c1)c1cccc(OCC(F)(F)F)n1. The van der Waals surface area contributed by atoms with Gasteiger partial charge in [0.15, 0.2) is 13.2 Å². The molecule has 0 spiro atoms. The molecule has 1 amide bonds. The van der Waals surface area contributed by atoms with Gasteiger partial charge in [0.1, 0.15) is 5.75 Å². The second-order valence-corrected chi connectivity index (χ2v) is 5.93. The summed E-state index contributed by atoms with van der Waals surface area (Å²) in [6.45, 7) is -1.46. The molecule has 0 aliphatic carbocycles. The molecule has 1 heterocycles. The number of aromatic nitrogens is 1. The second-order valence-electron chi connectivity index (χ2n) is 5.93. The first-order valence-electron chi connectivity index (χ1n) is 8.20. The monoisotopic (exact) mass is 422 g/mol. The van der Waals surface area contributed by atoms with Crippen molar-refractivity contribution in [1.29, 1.82) is 0 Å². The smallest absolute Gasteiger partial charge is 0.422 e. The Labute approximate surface area is 161 Å². The molecule has 158 valence electrons. The van der Waals surface area contributed by atoms with Crippen molar-refractivity contribution in [1.82, 2.24) is 10.3 Å². The Morgan fingerprint density at radius 1 is 1.00 bits per heavy atom. The van der Waals surface area contributed by atoms with E-state index < -0.39 is 37.5 Å². The summed E-state index contributed by atoms with van der Waals surface area (Å²) in [4.78, 5) is 16.2. The molecule has 0 unspecified atom stereocenters. The summed E-state index contributed by atoms with van der Waals surface area (Å²) in [6, 6.07) is 8.58. The largest absolute Gasteiger partial charge is 0.484 e. The number of nitrogens with one attached hydrogen (secondary N) is 1. The Bertz CT molecular complexity index is 839. The lowest BCUT2D eigenvalue weighted by molar-refractivity contribution is -0.154. The number of hydrogen-bond donors (Lipinski definition) is 1. The Kier molecular flexibility index (Phi) is 6.93. The van der Waals surface area contributed by atoms with Gasteiger partial charge in [0.2, 0.25) is 5.88 Å². The second kappa shape index (κ2) is 9.01. The van der Waals surface area contributed by atoms with Crippen LogP contribution in [0.2, 0.25) is 0 Å². The molecule has 2 aromatic rings. The van der Waals surface area contributed by atoms with Crippen LogP contribution in [-0.4, -0.2) is 36.5 Å². The first-order valence-corrected chi connectivity index (χ1v) is 8.20. The summed E-state index contributed by atoms with van der Waals surface area (Å²) in [5.41, 5.74) is 0.281. The highest BCUT2D eigenvalue weighted by molar-refractivity contribution is 5.94. The number of pyridine rings is 1. The summed E-state index contributed by atoms with van der Waals surface area (Å²) in [5, 5.41) is 2.55. The Hall–Kier alpha value is -2.98. The fourth-order valence-corrected chi connectivity index (χ4v) is 2.15. The Balaban J connectivity index is 2.02. The maximum absolute atomic E-state index is 12.3. The van der Waals surface area contributed by atoms with E-state index in [1.165, 1.54) is 43.3 Å². The van der Waals surface area contributed by atoms with Gasteiger partial charge in [-0.2, -0.15) is 26.3 Å². The standard InChI is InChI=1S/C18H16F6N2O3/c1-11(14-6-3-7-15(26-14)29-10-18(22,23)24)25-16(27)12-4-2-5-13(8-12)28-9-17(19,20)21/h2-8,11H,9-10H2,1H3,(H,25,27)/t11-/m1/s1. The fraction of sp³-hybridized carbons (Fsp3) is 0.333. The fourth-order valence-electron chi connectivity index (χ4n) is 2.15. The number of ether oxygens (including phenoxy) is 2. The molecular formula is C18H16F6N2O3. The topological polar surface area (TPSA) is 60.5 Å². The van der Waals surface area contributed by atoms with E-state index in [1.54, 1.807) is 0 Å². The van der Waals surface area contributed by atoms with Crippen molar-refractivity contribution in [2.75, 3.05) is 13.2 Å². The predicted molar refractivity (Wildman–Crippen MR) is 89.7 cm³/mol. The average molecular weight is 422 g/mol. The first-order chi connectivity index (χ1) is 13.4. The lowest BCUT2D eigenvalue weighted by Gasteiger charge is -2.15. The molecule has 0 radical (unpaired) electrons. The van der Waals surface area contributed by atoms with Gasteiger partial charge in [0.05, 0.1) is 11.7 Å². The van der Waals surface area contributed by atoms with Gasteiger partial charge >= 0.3 is 12.4 Å². The molecular weight excluding hydrogens is 406 g/mol. The maximum atomic E-state index is 12.3. The van der Waals surface area contributed by atoms with Gasteiger partial charge < -0.3 is 14.8 Å². The third-order valence-electron chi connectivity index (χ3n) is 3.42. The molecule has 1 aromatic heterocycles. The van der Waals surface area contributed by atoms with E-state index in [2.05, 4.69) is 19.8 Å². The van der Waals surface area contributed by atoms with Gasteiger partial charge in [-0.05, 0) is 31.2 Å². The summed E-state index contributed by atoms with van der Waals surface area (Å²) in [6.07, 6.45) is -9.03. The zero-order valence-corrected chi connectivity index (χ0v) is 15.0. The number of carbonyl (C=O) groups excluding carboxylic acids is 1. The zero-order valence-electron chi connectivity index (χ0n) is 15.0. The molecule has 0 saturated carbocycles. The van der Waals surface area contributed by atoms with Crippen LogP contribution >= 0.6 is 0 Å². The van der Waals surface area contributed by atoms with Crippen molar-refractivity contribution in [3.63, 3.8) is 0 Å². The van der Waals surface area contributed by atoms with Gasteiger partial charge in [-0.15, -0.1) is 0 Å². The predicted octanol–water partition coefficient (Wildman–Crippen LogP) is 4.45. The van der Waals surface area contributed by atoms with E-state index in [4.69, 9.17) is 0 Å². The highest BCUT2D eigenvalue weighted by Crippen LogP contribution is 2.21. The summed E-state index contributed by atoms with van der Waals surface area (Å²) >= 11 is 0. The van der Waals surface area contributed by atoms with Crippen LogP contribution in [0, 0.1) is 0 Å². The van der Waals surface area contributed by atoms with E-state index in [-0.39, 0.29) is 22.9 Å². The van der Waals surface area contributed by atoms with E-state index in [0.29, 0.717) is 0 Å². The normalized spacial score (nSPS) is 12.9. The number of nitrogens with zero attached hydrogens (tertiary/aromatic N) is 1. The maximum Gasteiger partial charge on any atom is 0.422 e. The van der Waals surface area contributed by atoms with E-state index in [9.17, 15) is 31.1 Å². The van der Waals surface area contributed by atoms with E-state index in [1.807, 2.05) is 0 Å². The van der Waals surface area contributed by atoms with Crippen molar-refractivity contribution in [3.8, 4) is 11.6 Å². The third kappa shape index (κ3) is 7.88. The molecule has 0 aliphatic rings. The number of hydrogen-bond acceptors (Lipinski definition) is 4. The molecule has 0 bridgehead atoms. The summed E-state index contributed by atoms with van der Waals surface area (Å²) in [7, 11) is 0. The van der Waals surface area contributed by atoms with Gasteiger partial charge in [-0.1, -0.05) is 12.1 Å². The van der Waals surface area contributed by atoms with Crippen molar-refractivity contribution in [2.24, 2.45) is 0 Å². The lowest BCUT2D eigenvalue weighted by Crippen LogP contribution is -2.27. The molecule has 11 heteroatoms. The number of benzene rings is 1. The van der Waals surface area contributed by atoms with Crippen LogP contribution < -0.4 is 14.8 Å². The average Bonchev–Trinajstić information content (AvgIpc) is 2.64. The highest BCUT2D eigenvalue weighted by Gasteiger charge is 2.29. The first kappa shape index (κ1) is 22.3. The van der Waals surface area contributed by atoms with Crippen LogP contribution in [0.3, 0.4) is 0 Å². The summed E-state index contributed by atoms with van der Waals surface area (Å²) < 4.78 is 82.5. The molecule has 5 nitrogen and oxygen atoms in total. The Morgan fingerprint density at radius 2 is 1.62 bits per heavy atom. The van der Waals surface area contributed by atoms with Crippen LogP contribution in [0.15, 0.2) is 42.5 Å². The van der Waals surface area contributed by atoms with Crippen molar-refractivity contribution in [2.45, 2.75) is 25.3 Å².